The Morgan fingerprint density at radius 1 is 1.35 bits per heavy atom. The molecule has 1 saturated carbocycles. The number of hydrogen-bond donors (Lipinski definition) is 1. The monoisotopic (exact) mass is 334 g/mol. The number of nitrogens with one attached hydrogen (secondary N) is 1. The number of likely N-dealkylation sites (tertiary alicyclic amines) is 1. The Morgan fingerprint density at radius 2 is 2.09 bits per heavy atom. The third kappa shape index (κ3) is 3.23. The van der Waals surface area contributed by atoms with E-state index in [2.05, 4.69) is 5.32 Å². The fourth-order valence-corrected chi connectivity index (χ4v) is 4.43. The van der Waals surface area contributed by atoms with Gasteiger partial charge in [0.1, 0.15) is 0 Å². The number of benzene rings is 1. The zero-order valence-electron chi connectivity index (χ0n) is 13.5. The highest BCUT2D eigenvalue weighted by Crippen LogP contribution is 2.49. The van der Waals surface area contributed by atoms with Gasteiger partial charge in [-0.15, -0.1) is 0 Å². The van der Waals surface area contributed by atoms with Crippen molar-refractivity contribution >= 4 is 23.4 Å². The maximum atomic E-state index is 12.7. The first-order valence-corrected chi connectivity index (χ1v) is 8.66. The van der Waals surface area contributed by atoms with Crippen molar-refractivity contribution in [2.24, 2.45) is 11.3 Å². The number of nitrogens with zero attached hydrogens (tertiary/aromatic N) is 1. The largest absolute Gasteiger partial charge is 0.359 e. The van der Waals surface area contributed by atoms with Gasteiger partial charge >= 0.3 is 0 Å². The number of carbonyl (C=O) groups excluding carboxylic acids is 2. The second kappa shape index (κ2) is 6.52. The van der Waals surface area contributed by atoms with E-state index in [0.29, 0.717) is 24.5 Å². The number of halogens is 1. The van der Waals surface area contributed by atoms with Gasteiger partial charge in [0.15, 0.2) is 0 Å². The Bertz CT molecular complexity index is 611. The molecule has 0 aromatic heterocycles. The first-order valence-electron chi connectivity index (χ1n) is 8.28. The molecule has 1 aromatic rings. The topological polar surface area (TPSA) is 49.4 Å². The lowest BCUT2D eigenvalue weighted by Crippen LogP contribution is -2.38. The maximum absolute atomic E-state index is 12.7. The quantitative estimate of drug-likeness (QED) is 0.923. The van der Waals surface area contributed by atoms with Gasteiger partial charge in [-0.25, -0.2) is 0 Å². The summed E-state index contributed by atoms with van der Waals surface area (Å²) in [7, 11) is 1.68. The molecule has 1 heterocycles. The van der Waals surface area contributed by atoms with Crippen LogP contribution in [0.3, 0.4) is 0 Å². The van der Waals surface area contributed by atoms with Gasteiger partial charge in [0.05, 0.1) is 12.3 Å². The number of carbonyl (C=O) groups is 2. The van der Waals surface area contributed by atoms with Gasteiger partial charge < -0.3 is 10.2 Å². The second-order valence-corrected chi connectivity index (χ2v) is 7.25. The van der Waals surface area contributed by atoms with Crippen molar-refractivity contribution in [1.29, 1.82) is 0 Å². The van der Waals surface area contributed by atoms with Crippen LogP contribution in [0.25, 0.3) is 0 Å². The van der Waals surface area contributed by atoms with Crippen molar-refractivity contribution in [2.45, 2.75) is 32.1 Å². The fourth-order valence-electron chi connectivity index (χ4n) is 4.21. The summed E-state index contributed by atoms with van der Waals surface area (Å²) in [4.78, 5) is 26.8. The summed E-state index contributed by atoms with van der Waals surface area (Å²) in [5, 5.41) is 3.43. The maximum Gasteiger partial charge on any atom is 0.227 e. The van der Waals surface area contributed by atoms with E-state index in [1.807, 2.05) is 23.1 Å². The smallest absolute Gasteiger partial charge is 0.227 e. The molecule has 4 nitrogen and oxygen atoms in total. The van der Waals surface area contributed by atoms with Crippen LogP contribution < -0.4 is 5.32 Å². The standard InChI is InChI=1S/C18H23ClN2O2/c1-20-17(23)15-11-21(12-18(15)7-2-3-8-18)16(22)10-13-5-4-6-14(19)9-13/h4-6,9,15H,2-3,7-8,10-12H2,1H3,(H,20,23). The highest BCUT2D eigenvalue weighted by molar-refractivity contribution is 6.30. The minimum absolute atomic E-state index is 0.00984. The van der Waals surface area contributed by atoms with Gasteiger partial charge in [0.25, 0.3) is 0 Å². The SMILES string of the molecule is CNC(=O)C1CN(C(=O)Cc2cccc(Cl)c2)CC12CCCC2. The first-order chi connectivity index (χ1) is 11.0. The molecule has 1 unspecified atom stereocenters. The predicted molar refractivity (Wildman–Crippen MR) is 90.2 cm³/mol. The summed E-state index contributed by atoms with van der Waals surface area (Å²) >= 11 is 5.99. The molecule has 2 amide bonds. The molecule has 2 fully saturated rings. The van der Waals surface area contributed by atoms with Crippen molar-refractivity contribution in [1.82, 2.24) is 10.2 Å². The van der Waals surface area contributed by atoms with Crippen LogP contribution in [0.1, 0.15) is 31.2 Å². The molecule has 1 aliphatic carbocycles. The molecule has 5 heteroatoms. The highest BCUT2D eigenvalue weighted by atomic mass is 35.5. The Kier molecular flexibility index (Phi) is 4.62. The average molecular weight is 335 g/mol. The summed E-state index contributed by atoms with van der Waals surface area (Å²) < 4.78 is 0. The average Bonchev–Trinajstić information content (AvgIpc) is 3.15. The van der Waals surface area contributed by atoms with Crippen molar-refractivity contribution in [2.75, 3.05) is 20.1 Å². The molecule has 1 atom stereocenters. The van der Waals surface area contributed by atoms with Crippen LogP contribution >= 0.6 is 11.6 Å². The summed E-state index contributed by atoms with van der Waals surface area (Å²) in [6, 6.07) is 7.42. The number of amides is 2. The molecule has 2 aliphatic rings. The van der Waals surface area contributed by atoms with Crippen molar-refractivity contribution in [3.63, 3.8) is 0 Å². The van der Waals surface area contributed by atoms with E-state index in [0.717, 1.165) is 31.2 Å². The summed E-state index contributed by atoms with van der Waals surface area (Å²) in [5.41, 5.74) is 0.913. The fraction of sp³-hybridized carbons (Fsp3) is 0.556. The van der Waals surface area contributed by atoms with Crippen LogP contribution in [0.5, 0.6) is 0 Å². The Morgan fingerprint density at radius 3 is 2.74 bits per heavy atom. The van der Waals surface area contributed by atoms with Crippen molar-refractivity contribution in [3.8, 4) is 0 Å². The van der Waals surface area contributed by atoms with Gasteiger partial charge in [0.2, 0.25) is 11.8 Å². The number of hydrogen-bond acceptors (Lipinski definition) is 2. The van der Waals surface area contributed by atoms with E-state index in [9.17, 15) is 9.59 Å². The highest BCUT2D eigenvalue weighted by Gasteiger charge is 2.51. The van der Waals surface area contributed by atoms with Crippen LogP contribution in [0.4, 0.5) is 0 Å². The van der Waals surface area contributed by atoms with Gasteiger partial charge in [-0.05, 0) is 30.5 Å². The normalized spacial score (nSPS) is 22.5. The Balaban J connectivity index is 1.73. The van der Waals surface area contributed by atoms with E-state index in [-0.39, 0.29) is 23.1 Å². The molecule has 1 spiro atoms. The molecular formula is C18H23ClN2O2. The lowest BCUT2D eigenvalue weighted by atomic mass is 9.76. The van der Waals surface area contributed by atoms with Gasteiger partial charge in [-0.2, -0.15) is 0 Å². The molecule has 1 aromatic carbocycles. The lowest BCUT2D eigenvalue weighted by Gasteiger charge is -2.28. The van der Waals surface area contributed by atoms with Crippen LogP contribution in [-0.4, -0.2) is 36.9 Å². The summed E-state index contributed by atoms with van der Waals surface area (Å²) in [6.45, 7) is 1.25. The van der Waals surface area contributed by atoms with Crippen LogP contribution in [0.2, 0.25) is 5.02 Å². The van der Waals surface area contributed by atoms with Crippen molar-refractivity contribution in [3.05, 3.63) is 34.9 Å². The first kappa shape index (κ1) is 16.3. The van der Waals surface area contributed by atoms with Crippen LogP contribution in [-0.2, 0) is 16.0 Å². The minimum Gasteiger partial charge on any atom is -0.359 e. The molecule has 1 aliphatic heterocycles. The van der Waals surface area contributed by atoms with E-state index in [4.69, 9.17) is 11.6 Å². The molecule has 1 saturated heterocycles. The molecular weight excluding hydrogens is 312 g/mol. The van der Waals surface area contributed by atoms with Gasteiger partial charge in [-0.3, -0.25) is 9.59 Å². The Hall–Kier alpha value is -1.55. The van der Waals surface area contributed by atoms with Gasteiger partial charge in [-0.1, -0.05) is 36.6 Å². The van der Waals surface area contributed by atoms with E-state index in [1.165, 1.54) is 0 Å². The zero-order chi connectivity index (χ0) is 16.4. The third-order valence-electron chi connectivity index (χ3n) is 5.41. The van der Waals surface area contributed by atoms with E-state index >= 15 is 0 Å². The van der Waals surface area contributed by atoms with E-state index in [1.54, 1.807) is 13.1 Å². The van der Waals surface area contributed by atoms with E-state index < -0.39 is 0 Å². The van der Waals surface area contributed by atoms with Crippen LogP contribution in [0.15, 0.2) is 24.3 Å². The molecule has 0 radical (unpaired) electrons. The molecule has 1 N–H and O–H groups in total. The minimum atomic E-state index is -0.0710. The molecule has 23 heavy (non-hydrogen) atoms. The summed E-state index contributed by atoms with van der Waals surface area (Å²) in [5.74, 6) is 0.0909. The Labute approximate surface area is 142 Å². The number of rotatable bonds is 3. The summed E-state index contributed by atoms with van der Waals surface area (Å²) in [6.07, 6.45) is 4.75. The molecule has 124 valence electrons. The lowest BCUT2D eigenvalue weighted by molar-refractivity contribution is -0.130. The molecule has 0 bridgehead atoms. The van der Waals surface area contributed by atoms with Crippen LogP contribution in [0, 0.1) is 11.3 Å². The molecule has 3 rings (SSSR count). The third-order valence-corrected chi connectivity index (χ3v) is 5.64. The van der Waals surface area contributed by atoms with Gasteiger partial charge in [0, 0.05) is 30.6 Å². The predicted octanol–water partition coefficient (Wildman–Crippen LogP) is 2.65. The van der Waals surface area contributed by atoms with Crippen molar-refractivity contribution < 1.29 is 9.59 Å². The zero-order valence-corrected chi connectivity index (χ0v) is 14.2. The second-order valence-electron chi connectivity index (χ2n) is 6.82.